The summed E-state index contributed by atoms with van der Waals surface area (Å²) in [6, 6.07) is 7.58. The van der Waals surface area contributed by atoms with Crippen LogP contribution in [0.2, 0.25) is 0 Å². The van der Waals surface area contributed by atoms with Crippen LogP contribution >= 0.6 is 11.3 Å². The topological polar surface area (TPSA) is 79.5 Å². The van der Waals surface area contributed by atoms with Crippen LogP contribution in [0.4, 0.5) is 5.13 Å². The molecule has 0 saturated heterocycles. The van der Waals surface area contributed by atoms with Crippen LogP contribution in [0.1, 0.15) is 0 Å². The summed E-state index contributed by atoms with van der Waals surface area (Å²) in [7, 11) is 4.75. The standard InChI is InChI=1S/C17H17N3O3S/c1-21-12-7-11(8-13(22-2)15(12)23-3)16-14(20-17(18)24-16)10-5-4-6-19-9-10/h4-9H,1-3H3,(H2,18,20). The Bertz CT molecular complexity index is 825. The number of nitrogens with zero attached hydrogens (tertiary/aromatic N) is 2. The van der Waals surface area contributed by atoms with E-state index in [4.69, 9.17) is 19.9 Å². The Morgan fingerprint density at radius 1 is 1.00 bits per heavy atom. The van der Waals surface area contributed by atoms with Gasteiger partial charge in [0.25, 0.3) is 0 Å². The molecule has 0 radical (unpaired) electrons. The maximum absolute atomic E-state index is 5.95. The molecule has 2 heterocycles. The van der Waals surface area contributed by atoms with E-state index in [1.54, 1.807) is 33.7 Å². The summed E-state index contributed by atoms with van der Waals surface area (Å²) in [6.45, 7) is 0. The Kier molecular flexibility index (Phi) is 4.52. The van der Waals surface area contributed by atoms with Crippen LogP contribution in [-0.2, 0) is 0 Å². The number of anilines is 1. The maximum atomic E-state index is 5.95. The third-order valence-corrected chi connectivity index (χ3v) is 4.44. The number of nitrogen functional groups attached to an aromatic ring is 1. The number of hydrogen-bond acceptors (Lipinski definition) is 7. The average Bonchev–Trinajstić information content (AvgIpc) is 3.03. The molecule has 0 unspecified atom stereocenters. The molecule has 0 aliphatic carbocycles. The zero-order chi connectivity index (χ0) is 17.1. The Hall–Kier alpha value is -2.80. The van der Waals surface area contributed by atoms with Gasteiger partial charge in [-0.3, -0.25) is 4.98 Å². The van der Waals surface area contributed by atoms with Crippen LogP contribution in [-0.4, -0.2) is 31.3 Å². The van der Waals surface area contributed by atoms with Crippen molar-refractivity contribution in [1.29, 1.82) is 0 Å². The molecule has 7 heteroatoms. The first kappa shape index (κ1) is 16.1. The lowest BCUT2D eigenvalue weighted by molar-refractivity contribution is 0.324. The zero-order valence-electron chi connectivity index (χ0n) is 13.6. The second-order valence-corrected chi connectivity index (χ2v) is 5.92. The van der Waals surface area contributed by atoms with E-state index in [0.717, 1.165) is 21.7 Å². The summed E-state index contributed by atoms with van der Waals surface area (Å²) in [5.74, 6) is 1.70. The summed E-state index contributed by atoms with van der Waals surface area (Å²) in [5.41, 5.74) is 8.51. The minimum Gasteiger partial charge on any atom is -0.493 e. The molecule has 0 saturated carbocycles. The molecule has 0 atom stereocenters. The largest absolute Gasteiger partial charge is 0.493 e. The molecule has 0 amide bonds. The number of aromatic nitrogens is 2. The van der Waals surface area contributed by atoms with E-state index < -0.39 is 0 Å². The Morgan fingerprint density at radius 2 is 1.71 bits per heavy atom. The minimum absolute atomic E-state index is 0.484. The average molecular weight is 343 g/mol. The normalized spacial score (nSPS) is 10.5. The molecule has 6 nitrogen and oxygen atoms in total. The SMILES string of the molecule is COc1cc(-c2sc(N)nc2-c2cccnc2)cc(OC)c1OC. The van der Waals surface area contributed by atoms with E-state index >= 15 is 0 Å². The van der Waals surface area contributed by atoms with Gasteiger partial charge < -0.3 is 19.9 Å². The van der Waals surface area contributed by atoms with Gasteiger partial charge in [-0.15, -0.1) is 0 Å². The second-order valence-electron chi connectivity index (χ2n) is 4.89. The summed E-state index contributed by atoms with van der Waals surface area (Å²) in [6.07, 6.45) is 3.48. The van der Waals surface area contributed by atoms with E-state index in [2.05, 4.69) is 9.97 Å². The molecule has 3 rings (SSSR count). The highest BCUT2D eigenvalue weighted by molar-refractivity contribution is 7.19. The van der Waals surface area contributed by atoms with Gasteiger partial charge in [-0.05, 0) is 24.3 Å². The molecule has 1 aromatic carbocycles. The lowest BCUT2D eigenvalue weighted by atomic mass is 10.1. The fourth-order valence-electron chi connectivity index (χ4n) is 2.44. The van der Waals surface area contributed by atoms with Crippen molar-refractivity contribution in [2.24, 2.45) is 0 Å². The monoisotopic (exact) mass is 343 g/mol. The third-order valence-electron chi connectivity index (χ3n) is 3.51. The molecule has 3 aromatic rings. The number of benzene rings is 1. The summed E-state index contributed by atoms with van der Waals surface area (Å²) in [4.78, 5) is 9.53. The molecule has 0 bridgehead atoms. The fourth-order valence-corrected chi connectivity index (χ4v) is 3.28. The van der Waals surface area contributed by atoms with Gasteiger partial charge in [0.15, 0.2) is 16.6 Å². The van der Waals surface area contributed by atoms with Crippen molar-refractivity contribution in [3.05, 3.63) is 36.7 Å². The van der Waals surface area contributed by atoms with Crippen LogP contribution in [0.25, 0.3) is 21.7 Å². The quantitative estimate of drug-likeness (QED) is 0.764. The Balaban J connectivity index is 2.20. The first-order chi connectivity index (χ1) is 11.7. The molecule has 0 spiro atoms. The van der Waals surface area contributed by atoms with Gasteiger partial charge in [0.1, 0.15) is 0 Å². The van der Waals surface area contributed by atoms with Gasteiger partial charge in [0, 0.05) is 23.5 Å². The number of thiazole rings is 1. The molecule has 0 aliphatic rings. The summed E-state index contributed by atoms with van der Waals surface area (Å²) >= 11 is 1.40. The number of pyridine rings is 1. The highest BCUT2D eigenvalue weighted by Crippen LogP contribution is 2.45. The van der Waals surface area contributed by atoms with Crippen molar-refractivity contribution in [1.82, 2.24) is 9.97 Å². The summed E-state index contributed by atoms with van der Waals surface area (Å²) < 4.78 is 16.2. The molecular weight excluding hydrogens is 326 g/mol. The number of methoxy groups -OCH3 is 3. The number of nitrogens with two attached hydrogens (primary N) is 1. The van der Waals surface area contributed by atoms with Crippen molar-refractivity contribution in [3.63, 3.8) is 0 Å². The maximum Gasteiger partial charge on any atom is 0.203 e. The van der Waals surface area contributed by atoms with Gasteiger partial charge in [-0.1, -0.05) is 11.3 Å². The van der Waals surface area contributed by atoms with E-state index in [0.29, 0.717) is 22.4 Å². The van der Waals surface area contributed by atoms with Crippen LogP contribution in [0.15, 0.2) is 36.7 Å². The first-order valence-electron chi connectivity index (χ1n) is 7.15. The molecule has 2 aromatic heterocycles. The fraction of sp³-hybridized carbons (Fsp3) is 0.176. The number of rotatable bonds is 5. The van der Waals surface area contributed by atoms with Crippen molar-refractivity contribution in [2.45, 2.75) is 0 Å². The molecule has 0 aliphatic heterocycles. The molecule has 124 valence electrons. The number of ether oxygens (including phenoxy) is 3. The highest BCUT2D eigenvalue weighted by atomic mass is 32.1. The van der Waals surface area contributed by atoms with Gasteiger partial charge in [0.2, 0.25) is 5.75 Å². The molecule has 0 fully saturated rings. The first-order valence-corrected chi connectivity index (χ1v) is 7.96. The Morgan fingerprint density at radius 3 is 2.25 bits per heavy atom. The minimum atomic E-state index is 0.484. The van der Waals surface area contributed by atoms with E-state index in [9.17, 15) is 0 Å². The van der Waals surface area contributed by atoms with E-state index in [1.807, 2.05) is 24.3 Å². The van der Waals surface area contributed by atoms with E-state index in [-0.39, 0.29) is 0 Å². The van der Waals surface area contributed by atoms with Gasteiger partial charge in [0.05, 0.1) is 31.9 Å². The van der Waals surface area contributed by atoms with Crippen molar-refractivity contribution >= 4 is 16.5 Å². The van der Waals surface area contributed by atoms with Crippen LogP contribution in [0.5, 0.6) is 17.2 Å². The highest BCUT2D eigenvalue weighted by Gasteiger charge is 2.19. The van der Waals surface area contributed by atoms with Crippen molar-refractivity contribution < 1.29 is 14.2 Å². The van der Waals surface area contributed by atoms with Crippen molar-refractivity contribution in [3.8, 4) is 38.9 Å². The van der Waals surface area contributed by atoms with Gasteiger partial charge in [-0.25, -0.2) is 4.98 Å². The molecule has 2 N–H and O–H groups in total. The van der Waals surface area contributed by atoms with Crippen LogP contribution < -0.4 is 19.9 Å². The predicted octanol–water partition coefficient (Wildman–Crippen LogP) is 3.48. The van der Waals surface area contributed by atoms with Crippen molar-refractivity contribution in [2.75, 3.05) is 27.1 Å². The lowest BCUT2D eigenvalue weighted by Gasteiger charge is -2.14. The zero-order valence-corrected chi connectivity index (χ0v) is 14.4. The molecule has 24 heavy (non-hydrogen) atoms. The second kappa shape index (κ2) is 6.76. The lowest BCUT2D eigenvalue weighted by Crippen LogP contribution is -1.95. The van der Waals surface area contributed by atoms with Crippen LogP contribution in [0, 0.1) is 0 Å². The molecular formula is C17H17N3O3S. The number of hydrogen-bond donors (Lipinski definition) is 1. The summed E-state index contributed by atoms with van der Waals surface area (Å²) in [5, 5.41) is 0.484. The third kappa shape index (κ3) is 2.85. The van der Waals surface area contributed by atoms with Crippen LogP contribution in [0.3, 0.4) is 0 Å². The smallest absolute Gasteiger partial charge is 0.203 e. The van der Waals surface area contributed by atoms with Gasteiger partial charge in [-0.2, -0.15) is 0 Å². The van der Waals surface area contributed by atoms with Gasteiger partial charge >= 0.3 is 0 Å². The van der Waals surface area contributed by atoms with E-state index in [1.165, 1.54) is 11.3 Å². The predicted molar refractivity (Wildman–Crippen MR) is 94.8 cm³/mol. The Labute approximate surface area is 143 Å².